The van der Waals surface area contributed by atoms with Crippen LogP contribution in [0.2, 0.25) is 0 Å². The van der Waals surface area contributed by atoms with Crippen LogP contribution in [0.1, 0.15) is 12.0 Å². The number of amides is 1. The van der Waals surface area contributed by atoms with Crippen LogP contribution in [0.5, 0.6) is 0 Å². The van der Waals surface area contributed by atoms with E-state index in [1.807, 2.05) is 31.3 Å². The monoisotopic (exact) mass is 392 g/mol. The van der Waals surface area contributed by atoms with Crippen molar-refractivity contribution >= 4 is 40.3 Å². The molecule has 6 nitrogen and oxygen atoms in total. The number of hydrogen-bond acceptors (Lipinski definition) is 3. The Morgan fingerprint density at radius 3 is 3.00 bits per heavy atom. The Bertz CT molecular complexity index is 1150. The number of carbonyl (C=O) groups is 1. The van der Waals surface area contributed by atoms with Crippen LogP contribution >= 0.6 is 11.6 Å². The highest BCUT2D eigenvalue weighted by molar-refractivity contribution is 6.69. The number of aromatic nitrogens is 2. The van der Waals surface area contributed by atoms with Crippen molar-refractivity contribution in [2.75, 3.05) is 0 Å². The van der Waals surface area contributed by atoms with Gasteiger partial charge in [0, 0.05) is 42.6 Å². The Kier molecular flexibility index (Phi) is 4.79. The predicted molar refractivity (Wildman–Crippen MR) is 110 cm³/mol. The largest absolute Gasteiger partial charge is 0.404 e. The second kappa shape index (κ2) is 7.40. The molecule has 3 aromatic rings. The van der Waals surface area contributed by atoms with Crippen molar-refractivity contribution in [1.29, 1.82) is 0 Å². The second-order valence-electron chi connectivity index (χ2n) is 6.57. The van der Waals surface area contributed by atoms with Crippen LogP contribution < -0.4 is 10.0 Å². The fraction of sp³-hybridized carbons (Fsp3) is 0.143. The van der Waals surface area contributed by atoms with Gasteiger partial charge in [0.2, 0.25) is 0 Å². The molecule has 0 radical (unpaired) electrons. The van der Waals surface area contributed by atoms with E-state index in [0.717, 1.165) is 21.8 Å². The van der Waals surface area contributed by atoms with Crippen LogP contribution in [0.15, 0.2) is 60.1 Å². The molecular weight excluding hydrogens is 374 g/mol. The molecular formula is C21H19ClN5O-. The van der Waals surface area contributed by atoms with Gasteiger partial charge in [-0.2, -0.15) is 12.1 Å². The predicted octanol–water partition coefficient (Wildman–Crippen LogP) is 2.20. The van der Waals surface area contributed by atoms with Gasteiger partial charge in [-0.3, -0.25) is 4.79 Å². The molecule has 0 saturated carbocycles. The highest BCUT2D eigenvalue weighted by Gasteiger charge is 2.29. The normalized spacial score (nSPS) is 15.5. The Hall–Kier alpha value is -3.25. The minimum absolute atomic E-state index is 0.124. The summed E-state index contributed by atoms with van der Waals surface area (Å²) in [6, 6.07) is 12.3. The van der Waals surface area contributed by atoms with Crippen molar-refractivity contribution in [3.8, 4) is 0 Å². The average Bonchev–Trinajstić information content (AvgIpc) is 3.27. The molecule has 1 amide bonds. The topological polar surface area (TPSA) is 53.3 Å². The molecule has 0 saturated heterocycles. The van der Waals surface area contributed by atoms with Gasteiger partial charge >= 0.3 is 0 Å². The van der Waals surface area contributed by atoms with E-state index in [9.17, 15) is 4.79 Å². The quantitative estimate of drug-likeness (QED) is 0.388. The lowest BCUT2D eigenvalue weighted by Gasteiger charge is -2.14. The van der Waals surface area contributed by atoms with Crippen LogP contribution in [0, 0.1) is 12.6 Å². The first-order chi connectivity index (χ1) is 13.5. The van der Waals surface area contributed by atoms with Crippen molar-refractivity contribution < 1.29 is 9.37 Å². The van der Waals surface area contributed by atoms with E-state index < -0.39 is 0 Å². The molecule has 0 unspecified atom stereocenters. The lowest BCUT2D eigenvalue weighted by atomic mass is 10.1. The van der Waals surface area contributed by atoms with Gasteiger partial charge in [-0.15, -0.1) is 0 Å². The molecule has 0 bridgehead atoms. The molecule has 1 aliphatic heterocycles. The number of pyridine rings is 1. The van der Waals surface area contributed by atoms with Gasteiger partial charge in [0.1, 0.15) is 6.04 Å². The van der Waals surface area contributed by atoms with Crippen molar-refractivity contribution in [2.24, 2.45) is 12.1 Å². The molecule has 0 N–H and O–H groups in total. The van der Waals surface area contributed by atoms with Crippen molar-refractivity contribution in [1.82, 2.24) is 14.2 Å². The van der Waals surface area contributed by atoms with Gasteiger partial charge in [-0.1, -0.05) is 42.2 Å². The third kappa shape index (κ3) is 3.34. The zero-order chi connectivity index (χ0) is 19.7. The molecule has 142 valence electrons. The minimum Gasteiger partial charge on any atom is -0.404 e. The fourth-order valence-corrected chi connectivity index (χ4v) is 3.51. The Morgan fingerprint density at radius 1 is 1.39 bits per heavy atom. The van der Waals surface area contributed by atoms with Gasteiger partial charge in [0.25, 0.3) is 5.91 Å². The van der Waals surface area contributed by atoms with Crippen LogP contribution in [0.3, 0.4) is 0 Å². The summed E-state index contributed by atoms with van der Waals surface area (Å²) < 4.78 is 4.97. The van der Waals surface area contributed by atoms with Gasteiger partial charge in [0.05, 0.1) is 6.54 Å². The smallest absolute Gasteiger partial charge is 0.282 e. The first-order valence-electron chi connectivity index (χ1n) is 8.86. The summed E-state index contributed by atoms with van der Waals surface area (Å²) in [7, 11) is 2.01. The molecule has 0 aliphatic carbocycles. The average molecular weight is 393 g/mol. The summed E-state index contributed by atoms with van der Waals surface area (Å²) in [5, 5.41) is 6.39. The summed E-state index contributed by atoms with van der Waals surface area (Å²) in [4.78, 5) is 16.8. The maximum absolute atomic E-state index is 12.7. The van der Waals surface area contributed by atoms with Crippen LogP contribution in [0.25, 0.3) is 10.9 Å². The van der Waals surface area contributed by atoms with Gasteiger partial charge < -0.3 is 14.1 Å². The van der Waals surface area contributed by atoms with Gasteiger partial charge in [-0.05, 0) is 23.2 Å². The molecule has 7 heteroatoms. The maximum atomic E-state index is 12.7. The number of aryl methyl sites for hydroxylation is 2. The third-order valence-corrected chi connectivity index (χ3v) is 5.01. The van der Waals surface area contributed by atoms with E-state index in [2.05, 4.69) is 39.7 Å². The number of nitrogens with zero attached hydrogens (tertiary/aromatic N) is 5. The summed E-state index contributed by atoms with van der Waals surface area (Å²) in [6.07, 6.45) is 6.37. The maximum Gasteiger partial charge on any atom is 0.282 e. The fourth-order valence-electron chi connectivity index (χ4n) is 3.28. The SMILES string of the molecule is C=[N+](C(=O)CCc1cn(C)c2ccccc12)[C-]1[CH-]/[N+](=c2/cc[cH-]nc2)N=C1Cl. The Labute approximate surface area is 167 Å². The van der Waals surface area contributed by atoms with E-state index in [0.29, 0.717) is 18.9 Å². The lowest BCUT2D eigenvalue weighted by molar-refractivity contribution is -0.411. The molecule has 0 atom stereocenters. The first-order valence-corrected chi connectivity index (χ1v) is 9.24. The number of halogens is 1. The number of benzene rings is 1. The Balaban J connectivity index is 1.47. The highest BCUT2D eigenvalue weighted by Crippen LogP contribution is 2.23. The van der Waals surface area contributed by atoms with E-state index in [1.54, 1.807) is 23.6 Å². The highest BCUT2D eigenvalue weighted by atomic mass is 35.5. The zero-order valence-electron chi connectivity index (χ0n) is 15.4. The van der Waals surface area contributed by atoms with Crippen molar-refractivity contribution in [2.45, 2.75) is 12.8 Å². The molecule has 3 heterocycles. The summed E-state index contributed by atoms with van der Waals surface area (Å²) in [5.41, 5.74) is 2.29. The number of carbonyl (C=O) groups excluding carboxylic acids is 1. The molecule has 0 spiro atoms. The Morgan fingerprint density at radius 2 is 2.21 bits per heavy atom. The number of hydrogen-bond donors (Lipinski definition) is 0. The van der Waals surface area contributed by atoms with Crippen LogP contribution in [-0.2, 0) is 18.3 Å². The molecule has 2 aromatic heterocycles. The minimum atomic E-state index is -0.124. The molecule has 28 heavy (non-hydrogen) atoms. The van der Waals surface area contributed by atoms with E-state index in [-0.39, 0.29) is 11.1 Å². The van der Waals surface area contributed by atoms with Crippen molar-refractivity contribution in [3.05, 3.63) is 78.5 Å². The van der Waals surface area contributed by atoms with Crippen molar-refractivity contribution in [3.63, 3.8) is 0 Å². The van der Waals surface area contributed by atoms with Gasteiger partial charge in [-0.25, -0.2) is 4.68 Å². The zero-order valence-corrected chi connectivity index (χ0v) is 16.2. The number of para-hydroxylation sites is 1. The summed E-state index contributed by atoms with van der Waals surface area (Å²) in [6.45, 7) is 5.56. The summed E-state index contributed by atoms with van der Waals surface area (Å²) in [5.74, 6) is -0.124. The van der Waals surface area contributed by atoms with Gasteiger partial charge in [0.15, 0.2) is 5.17 Å². The number of rotatable bonds is 4. The summed E-state index contributed by atoms with van der Waals surface area (Å²) >= 11 is 6.24. The molecule has 4 rings (SSSR count). The van der Waals surface area contributed by atoms with E-state index >= 15 is 0 Å². The van der Waals surface area contributed by atoms with E-state index in [4.69, 9.17) is 11.6 Å². The van der Waals surface area contributed by atoms with Crippen LogP contribution in [0.4, 0.5) is 0 Å². The third-order valence-electron chi connectivity index (χ3n) is 4.74. The van der Waals surface area contributed by atoms with E-state index in [1.165, 1.54) is 4.58 Å². The van der Waals surface area contributed by atoms with Crippen LogP contribution in [-0.4, -0.2) is 31.9 Å². The first kappa shape index (κ1) is 18.1. The number of hydrazone groups is 1. The molecule has 1 aromatic carbocycles. The molecule has 1 aliphatic rings. The molecule has 0 fully saturated rings. The lowest BCUT2D eigenvalue weighted by Crippen LogP contribution is -2.29. The number of fused-ring (bicyclic) bond motifs is 1. The standard InChI is InChI=1S/C21H19ClN5O/c1-25-13-15(17-7-3-4-8-18(17)25)9-10-20(28)26(2)19-14-27(24-21(19)22)16-6-5-11-23-12-16/h3-8,11-14H,2,9-10H2,1H3/q-1. The second-order valence-corrected chi connectivity index (χ2v) is 6.92.